The molecule has 1 aliphatic carbocycles. The van der Waals surface area contributed by atoms with Gasteiger partial charge in [-0.2, -0.15) is 0 Å². The van der Waals surface area contributed by atoms with Crippen LogP contribution in [-0.2, 0) is 0 Å². The summed E-state index contributed by atoms with van der Waals surface area (Å²) in [4.78, 5) is 0. The standard InChI is InChI=1S/C13H18ClN/c1-8-5-4-6-10(14)11(8)12-9(7-15)13(12,2)3/h4-6,9,12H,7,15H2,1-3H3/t9-,12+/m1/s1. The molecule has 1 aromatic carbocycles. The maximum atomic E-state index is 6.27. The van der Waals surface area contributed by atoms with Gasteiger partial charge in [0.1, 0.15) is 0 Å². The van der Waals surface area contributed by atoms with E-state index in [1.165, 1.54) is 11.1 Å². The third-order valence-corrected chi connectivity index (χ3v) is 4.22. The summed E-state index contributed by atoms with van der Waals surface area (Å²) in [5.41, 5.74) is 8.70. The van der Waals surface area contributed by atoms with Crippen LogP contribution < -0.4 is 5.73 Å². The van der Waals surface area contributed by atoms with Gasteiger partial charge in [0, 0.05) is 5.02 Å². The zero-order valence-corrected chi connectivity index (χ0v) is 10.3. The summed E-state index contributed by atoms with van der Waals surface area (Å²) in [6, 6.07) is 6.11. The molecule has 2 rings (SSSR count). The minimum absolute atomic E-state index is 0.310. The average molecular weight is 224 g/mol. The Bertz CT molecular complexity index is 364. The second kappa shape index (κ2) is 3.50. The number of hydrogen-bond acceptors (Lipinski definition) is 1. The van der Waals surface area contributed by atoms with Gasteiger partial charge in [-0.1, -0.05) is 37.6 Å². The summed E-state index contributed by atoms with van der Waals surface area (Å²) in [5, 5.41) is 0.893. The van der Waals surface area contributed by atoms with Crippen molar-refractivity contribution in [2.75, 3.05) is 6.54 Å². The zero-order chi connectivity index (χ0) is 11.2. The van der Waals surface area contributed by atoms with Gasteiger partial charge in [0.25, 0.3) is 0 Å². The lowest BCUT2D eigenvalue weighted by atomic mass is 9.99. The van der Waals surface area contributed by atoms with E-state index >= 15 is 0 Å². The van der Waals surface area contributed by atoms with E-state index in [0.29, 0.717) is 17.3 Å². The molecule has 2 heteroatoms. The van der Waals surface area contributed by atoms with Crippen LogP contribution in [0.25, 0.3) is 0 Å². The quantitative estimate of drug-likeness (QED) is 0.818. The van der Waals surface area contributed by atoms with Crippen molar-refractivity contribution in [3.8, 4) is 0 Å². The van der Waals surface area contributed by atoms with Crippen molar-refractivity contribution in [1.29, 1.82) is 0 Å². The first-order valence-electron chi connectivity index (χ1n) is 5.45. The van der Waals surface area contributed by atoms with Gasteiger partial charge in [0.2, 0.25) is 0 Å². The topological polar surface area (TPSA) is 26.0 Å². The first kappa shape index (κ1) is 11.0. The first-order chi connectivity index (χ1) is 7.00. The van der Waals surface area contributed by atoms with Gasteiger partial charge in [-0.05, 0) is 47.9 Å². The van der Waals surface area contributed by atoms with Gasteiger partial charge in [-0.3, -0.25) is 0 Å². The van der Waals surface area contributed by atoms with Crippen LogP contribution in [-0.4, -0.2) is 6.54 Å². The highest BCUT2D eigenvalue weighted by atomic mass is 35.5. The molecule has 0 heterocycles. The summed E-state index contributed by atoms with van der Waals surface area (Å²) < 4.78 is 0. The Morgan fingerprint density at radius 2 is 2.07 bits per heavy atom. The fourth-order valence-corrected chi connectivity index (χ4v) is 3.14. The number of hydrogen-bond donors (Lipinski definition) is 1. The molecule has 1 aliphatic rings. The zero-order valence-electron chi connectivity index (χ0n) is 9.55. The van der Waals surface area contributed by atoms with Crippen LogP contribution in [0.15, 0.2) is 18.2 Å². The molecule has 0 bridgehead atoms. The van der Waals surface area contributed by atoms with E-state index in [-0.39, 0.29) is 0 Å². The van der Waals surface area contributed by atoms with Crippen LogP contribution in [0.5, 0.6) is 0 Å². The maximum Gasteiger partial charge on any atom is 0.0443 e. The van der Waals surface area contributed by atoms with Crippen LogP contribution in [0, 0.1) is 18.3 Å². The van der Waals surface area contributed by atoms with Crippen LogP contribution in [0.4, 0.5) is 0 Å². The summed E-state index contributed by atoms with van der Waals surface area (Å²) in [7, 11) is 0. The van der Waals surface area contributed by atoms with Gasteiger partial charge < -0.3 is 5.73 Å². The molecular formula is C13H18ClN. The minimum Gasteiger partial charge on any atom is -0.330 e. The van der Waals surface area contributed by atoms with Crippen LogP contribution >= 0.6 is 11.6 Å². The third-order valence-electron chi connectivity index (χ3n) is 3.89. The van der Waals surface area contributed by atoms with Gasteiger partial charge in [0.05, 0.1) is 0 Å². The van der Waals surface area contributed by atoms with Crippen molar-refractivity contribution in [2.45, 2.75) is 26.7 Å². The summed E-state index contributed by atoms with van der Waals surface area (Å²) >= 11 is 6.27. The molecule has 0 amide bonds. The van der Waals surface area contributed by atoms with Gasteiger partial charge in [0.15, 0.2) is 0 Å². The number of halogens is 1. The second-order valence-electron chi connectivity index (χ2n) is 5.11. The fourth-order valence-electron chi connectivity index (χ4n) is 2.80. The molecule has 0 saturated heterocycles. The Hall–Kier alpha value is -0.530. The van der Waals surface area contributed by atoms with Crippen molar-refractivity contribution in [3.63, 3.8) is 0 Å². The third kappa shape index (κ3) is 1.58. The van der Waals surface area contributed by atoms with E-state index in [1.54, 1.807) is 0 Å². The Kier molecular flexibility index (Phi) is 2.56. The molecule has 15 heavy (non-hydrogen) atoms. The monoisotopic (exact) mass is 223 g/mol. The van der Waals surface area contributed by atoms with E-state index in [2.05, 4.69) is 26.8 Å². The fraction of sp³-hybridized carbons (Fsp3) is 0.538. The van der Waals surface area contributed by atoms with E-state index < -0.39 is 0 Å². The van der Waals surface area contributed by atoms with E-state index in [9.17, 15) is 0 Å². The lowest BCUT2D eigenvalue weighted by molar-refractivity contribution is 0.558. The minimum atomic E-state index is 0.310. The highest BCUT2D eigenvalue weighted by Gasteiger charge is 2.58. The molecule has 2 N–H and O–H groups in total. The average Bonchev–Trinajstić information content (AvgIpc) is 2.68. The number of nitrogens with two attached hydrogens (primary N) is 1. The molecule has 1 saturated carbocycles. The molecule has 1 aromatic rings. The van der Waals surface area contributed by atoms with Crippen LogP contribution in [0.3, 0.4) is 0 Å². The lowest BCUT2D eigenvalue weighted by Gasteiger charge is -2.09. The Labute approximate surface area is 96.6 Å². The van der Waals surface area contributed by atoms with E-state index in [0.717, 1.165) is 11.6 Å². The van der Waals surface area contributed by atoms with E-state index in [1.807, 2.05) is 12.1 Å². The predicted octanol–water partition coefficient (Wildman–Crippen LogP) is 3.35. The molecule has 0 spiro atoms. The molecule has 0 radical (unpaired) electrons. The smallest absolute Gasteiger partial charge is 0.0443 e. The lowest BCUT2D eigenvalue weighted by Crippen LogP contribution is -2.05. The number of rotatable bonds is 2. The number of aryl methyl sites for hydroxylation is 1. The van der Waals surface area contributed by atoms with Crippen molar-refractivity contribution >= 4 is 11.6 Å². The van der Waals surface area contributed by atoms with Crippen molar-refractivity contribution in [3.05, 3.63) is 34.3 Å². The van der Waals surface area contributed by atoms with Crippen molar-refractivity contribution < 1.29 is 0 Å². The summed E-state index contributed by atoms with van der Waals surface area (Å²) in [6.07, 6.45) is 0. The largest absolute Gasteiger partial charge is 0.330 e. The SMILES string of the molecule is Cc1cccc(Cl)c1[C@@H]1[C@@H](CN)C1(C)C. The molecule has 1 fully saturated rings. The highest BCUT2D eigenvalue weighted by molar-refractivity contribution is 6.31. The number of benzene rings is 1. The van der Waals surface area contributed by atoms with E-state index in [4.69, 9.17) is 17.3 Å². The molecule has 1 nitrogen and oxygen atoms in total. The van der Waals surface area contributed by atoms with Gasteiger partial charge in [-0.25, -0.2) is 0 Å². The van der Waals surface area contributed by atoms with Crippen molar-refractivity contribution in [1.82, 2.24) is 0 Å². The Balaban J connectivity index is 2.41. The molecule has 82 valence electrons. The Morgan fingerprint density at radius 3 is 2.53 bits per heavy atom. The Morgan fingerprint density at radius 1 is 1.40 bits per heavy atom. The highest BCUT2D eigenvalue weighted by Crippen LogP contribution is 2.65. The predicted molar refractivity (Wildman–Crippen MR) is 65.3 cm³/mol. The second-order valence-corrected chi connectivity index (χ2v) is 5.52. The van der Waals surface area contributed by atoms with Crippen LogP contribution in [0.1, 0.15) is 30.9 Å². The van der Waals surface area contributed by atoms with Gasteiger partial charge >= 0.3 is 0 Å². The van der Waals surface area contributed by atoms with Crippen molar-refractivity contribution in [2.24, 2.45) is 17.1 Å². The first-order valence-corrected chi connectivity index (χ1v) is 5.83. The summed E-state index contributed by atoms with van der Waals surface area (Å²) in [6.45, 7) is 7.43. The molecule has 2 atom stereocenters. The van der Waals surface area contributed by atoms with Crippen LogP contribution in [0.2, 0.25) is 5.02 Å². The maximum absolute atomic E-state index is 6.27. The summed E-state index contributed by atoms with van der Waals surface area (Å²) in [5.74, 6) is 1.12. The molecule has 0 unspecified atom stereocenters. The van der Waals surface area contributed by atoms with Gasteiger partial charge in [-0.15, -0.1) is 0 Å². The molecule has 0 aliphatic heterocycles. The molecule has 0 aromatic heterocycles. The molecular weight excluding hydrogens is 206 g/mol. The normalized spacial score (nSPS) is 27.8.